The second-order valence-corrected chi connectivity index (χ2v) is 6.46. The summed E-state index contributed by atoms with van der Waals surface area (Å²) < 4.78 is 31.6. The van der Waals surface area contributed by atoms with Crippen LogP contribution >= 0.6 is 0 Å². The largest absolute Gasteiger partial charge is 0.471 e. The molecule has 4 rings (SSSR count). The van der Waals surface area contributed by atoms with Crippen molar-refractivity contribution in [2.45, 2.75) is 19.5 Å². The maximum atomic E-state index is 12.7. The highest BCUT2D eigenvalue weighted by Gasteiger charge is 2.33. The Hall–Kier alpha value is -3.36. The molecule has 0 radical (unpaired) electrons. The molecule has 144 valence electrons. The molecule has 0 N–H and O–H groups in total. The molecule has 0 aliphatic carbocycles. The van der Waals surface area contributed by atoms with Crippen LogP contribution in [0.1, 0.15) is 21.6 Å². The highest BCUT2D eigenvalue weighted by atomic mass is 19.3. The number of carbonyl (C=O) groups excluding carboxylic acids is 1. The summed E-state index contributed by atoms with van der Waals surface area (Å²) in [6.07, 6.45) is 2.29. The maximum absolute atomic E-state index is 12.7. The topological polar surface area (TPSA) is 73.1 Å². The molecular weight excluding hydrogens is 368 g/mol. The number of rotatable bonds is 6. The van der Waals surface area contributed by atoms with Crippen molar-refractivity contribution in [1.29, 1.82) is 0 Å². The van der Waals surface area contributed by atoms with Gasteiger partial charge in [-0.1, -0.05) is 24.3 Å². The molecule has 0 unspecified atom stereocenters. The molecule has 1 aliphatic heterocycles. The zero-order valence-electron chi connectivity index (χ0n) is 15.0. The number of nitrogens with zero attached hydrogens (tertiary/aromatic N) is 5. The van der Waals surface area contributed by atoms with Crippen LogP contribution in [0.2, 0.25) is 0 Å². The van der Waals surface area contributed by atoms with Crippen LogP contribution in [0.5, 0.6) is 5.88 Å². The van der Waals surface area contributed by atoms with E-state index in [9.17, 15) is 13.6 Å². The summed E-state index contributed by atoms with van der Waals surface area (Å²) >= 11 is 0. The van der Waals surface area contributed by atoms with E-state index < -0.39 is 13.0 Å². The predicted octanol–water partition coefficient (Wildman–Crippen LogP) is 2.68. The smallest absolute Gasteiger partial charge is 0.272 e. The van der Waals surface area contributed by atoms with Crippen molar-refractivity contribution in [3.63, 3.8) is 0 Å². The quantitative estimate of drug-likeness (QED) is 0.652. The van der Waals surface area contributed by atoms with Gasteiger partial charge in [-0.2, -0.15) is 5.10 Å². The molecule has 3 heterocycles. The van der Waals surface area contributed by atoms with Gasteiger partial charge in [0.15, 0.2) is 6.61 Å². The van der Waals surface area contributed by atoms with Crippen LogP contribution < -0.4 is 4.74 Å². The van der Waals surface area contributed by atoms with Gasteiger partial charge in [0.05, 0.1) is 18.4 Å². The van der Waals surface area contributed by atoms with Crippen molar-refractivity contribution in [3.05, 3.63) is 59.8 Å². The SMILES string of the molecule is Cn1cc(-c2ccc(CN3Cc4ncnc(OCC(F)F)c4C3=O)cc2)cn1. The van der Waals surface area contributed by atoms with Gasteiger partial charge in [0.2, 0.25) is 5.88 Å². The molecule has 1 aromatic carbocycles. The Morgan fingerprint density at radius 1 is 1.18 bits per heavy atom. The van der Waals surface area contributed by atoms with Gasteiger partial charge < -0.3 is 9.64 Å². The van der Waals surface area contributed by atoms with Crippen molar-refractivity contribution in [3.8, 4) is 17.0 Å². The predicted molar refractivity (Wildman–Crippen MR) is 95.8 cm³/mol. The van der Waals surface area contributed by atoms with Gasteiger partial charge in [0.1, 0.15) is 11.9 Å². The number of alkyl halides is 2. The standard InChI is InChI=1S/C19H17F2N5O2/c1-25-8-14(6-24-25)13-4-2-12(3-5-13)7-26-9-15-17(19(26)27)18(23-11-22-15)28-10-16(20)21/h2-6,8,11,16H,7,9-10H2,1H3. The second-order valence-electron chi connectivity index (χ2n) is 6.46. The zero-order chi connectivity index (χ0) is 19.7. The van der Waals surface area contributed by atoms with Crippen LogP contribution in [0, 0.1) is 0 Å². The molecule has 0 saturated heterocycles. The lowest BCUT2D eigenvalue weighted by molar-refractivity contribution is 0.0719. The fraction of sp³-hybridized carbons (Fsp3) is 0.263. The number of aryl methyl sites for hydroxylation is 1. The van der Waals surface area contributed by atoms with Crippen LogP contribution in [0.4, 0.5) is 8.78 Å². The van der Waals surface area contributed by atoms with Gasteiger partial charge in [0.25, 0.3) is 12.3 Å². The number of carbonyl (C=O) groups is 1. The van der Waals surface area contributed by atoms with E-state index in [2.05, 4.69) is 15.1 Å². The fourth-order valence-corrected chi connectivity index (χ4v) is 3.12. The molecule has 0 saturated carbocycles. The van der Waals surface area contributed by atoms with Crippen LogP contribution in [0.3, 0.4) is 0 Å². The van der Waals surface area contributed by atoms with Gasteiger partial charge in [0, 0.05) is 25.4 Å². The normalized spacial score (nSPS) is 13.3. The number of halogens is 2. The first-order valence-electron chi connectivity index (χ1n) is 8.63. The summed E-state index contributed by atoms with van der Waals surface area (Å²) in [5, 5.41) is 4.16. The monoisotopic (exact) mass is 385 g/mol. The number of amides is 1. The van der Waals surface area contributed by atoms with Crippen LogP contribution in [0.15, 0.2) is 43.0 Å². The summed E-state index contributed by atoms with van der Waals surface area (Å²) in [5.74, 6) is -0.416. The van der Waals surface area contributed by atoms with E-state index in [0.717, 1.165) is 16.7 Å². The Labute approximate surface area is 159 Å². The second kappa shape index (κ2) is 7.34. The Morgan fingerprint density at radius 3 is 2.64 bits per heavy atom. The van der Waals surface area contributed by atoms with Gasteiger partial charge in [-0.05, 0) is 11.1 Å². The average Bonchev–Trinajstić information content (AvgIpc) is 3.25. The summed E-state index contributed by atoms with van der Waals surface area (Å²) in [6, 6.07) is 7.82. The van der Waals surface area contributed by atoms with Crippen molar-refractivity contribution < 1.29 is 18.3 Å². The molecule has 1 aliphatic rings. The number of benzene rings is 1. The van der Waals surface area contributed by atoms with E-state index >= 15 is 0 Å². The van der Waals surface area contributed by atoms with Gasteiger partial charge >= 0.3 is 0 Å². The Bertz CT molecular complexity index is 1000. The van der Waals surface area contributed by atoms with Crippen molar-refractivity contribution in [2.75, 3.05) is 6.61 Å². The fourth-order valence-electron chi connectivity index (χ4n) is 3.12. The molecule has 9 heteroatoms. The van der Waals surface area contributed by atoms with Gasteiger partial charge in [-0.25, -0.2) is 18.7 Å². The van der Waals surface area contributed by atoms with Crippen LogP contribution in [-0.2, 0) is 20.1 Å². The molecule has 0 atom stereocenters. The molecule has 0 fully saturated rings. The number of fused-ring (bicyclic) bond motifs is 1. The van der Waals surface area contributed by atoms with E-state index in [1.54, 1.807) is 15.8 Å². The van der Waals surface area contributed by atoms with Gasteiger partial charge in [-0.15, -0.1) is 0 Å². The van der Waals surface area contributed by atoms with Gasteiger partial charge in [-0.3, -0.25) is 9.48 Å². The van der Waals surface area contributed by atoms with E-state index in [-0.39, 0.29) is 23.9 Å². The third kappa shape index (κ3) is 3.55. The van der Waals surface area contributed by atoms with Crippen molar-refractivity contribution in [1.82, 2.24) is 24.6 Å². The van der Waals surface area contributed by atoms with E-state index in [0.29, 0.717) is 12.2 Å². The zero-order valence-corrected chi connectivity index (χ0v) is 15.0. The minimum atomic E-state index is -2.64. The third-order valence-corrected chi connectivity index (χ3v) is 4.44. The minimum absolute atomic E-state index is 0.0928. The number of ether oxygens (including phenoxy) is 1. The molecule has 0 spiro atoms. The summed E-state index contributed by atoms with van der Waals surface area (Å²) in [7, 11) is 1.86. The first kappa shape index (κ1) is 18.0. The molecule has 2 aromatic heterocycles. The number of aromatic nitrogens is 4. The lowest BCUT2D eigenvalue weighted by Crippen LogP contribution is -2.23. The summed E-state index contributed by atoms with van der Waals surface area (Å²) in [4.78, 5) is 22.3. The molecular formula is C19H17F2N5O2. The number of hydrogen-bond donors (Lipinski definition) is 0. The molecule has 28 heavy (non-hydrogen) atoms. The molecule has 0 bridgehead atoms. The first-order chi connectivity index (χ1) is 13.5. The highest BCUT2D eigenvalue weighted by Crippen LogP contribution is 2.29. The van der Waals surface area contributed by atoms with Crippen LogP contribution in [0.25, 0.3) is 11.1 Å². The molecule has 7 nitrogen and oxygen atoms in total. The lowest BCUT2D eigenvalue weighted by atomic mass is 10.1. The van der Waals surface area contributed by atoms with Crippen molar-refractivity contribution >= 4 is 5.91 Å². The lowest BCUT2D eigenvalue weighted by Gasteiger charge is -2.15. The molecule has 1 amide bonds. The average molecular weight is 385 g/mol. The highest BCUT2D eigenvalue weighted by molar-refractivity contribution is 5.99. The minimum Gasteiger partial charge on any atom is -0.471 e. The Morgan fingerprint density at radius 2 is 1.96 bits per heavy atom. The number of hydrogen-bond acceptors (Lipinski definition) is 5. The van der Waals surface area contributed by atoms with E-state index in [1.807, 2.05) is 37.5 Å². The third-order valence-electron chi connectivity index (χ3n) is 4.44. The van der Waals surface area contributed by atoms with E-state index in [1.165, 1.54) is 6.33 Å². The van der Waals surface area contributed by atoms with E-state index in [4.69, 9.17) is 4.74 Å². The maximum Gasteiger partial charge on any atom is 0.272 e. The first-order valence-corrected chi connectivity index (χ1v) is 8.63. The summed E-state index contributed by atoms with van der Waals surface area (Å²) in [6.45, 7) is -0.157. The Kier molecular flexibility index (Phi) is 4.72. The summed E-state index contributed by atoms with van der Waals surface area (Å²) in [5.41, 5.74) is 3.62. The Balaban J connectivity index is 1.48. The van der Waals surface area contributed by atoms with Crippen LogP contribution in [-0.4, -0.2) is 43.6 Å². The van der Waals surface area contributed by atoms with Crippen molar-refractivity contribution in [2.24, 2.45) is 7.05 Å². The molecule has 3 aromatic rings.